The van der Waals surface area contributed by atoms with E-state index in [0.717, 1.165) is 4.31 Å². The average Bonchev–Trinajstić information content (AvgIpc) is 2.84. The normalized spacial score (nSPS) is 13.5. The highest BCUT2D eigenvalue weighted by molar-refractivity contribution is 7.87. The third kappa shape index (κ3) is 3.34. The van der Waals surface area contributed by atoms with Gasteiger partial charge >= 0.3 is 0 Å². The van der Waals surface area contributed by atoms with Crippen molar-refractivity contribution in [2.75, 3.05) is 14.1 Å². The Balaban J connectivity index is 2.28. The minimum absolute atomic E-state index is 0.376. The van der Waals surface area contributed by atoms with Crippen LogP contribution in [-0.4, -0.2) is 36.4 Å². The summed E-state index contributed by atoms with van der Waals surface area (Å²) in [6, 6.07) is 4.10. The number of nitrogens with one attached hydrogen (secondary N) is 1. The van der Waals surface area contributed by atoms with Gasteiger partial charge in [0.2, 0.25) is 0 Å². The molecule has 1 atom stereocenters. The van der Waals surface area contributed by atoms with Crippen LogP contribution in [0.3, 0.4) is 0 Å². The Morgan fingerprint density at radius 2 is 2.05 bits per heavy atom. The zero-order chi connectivity index (χ0) is 16.5. The average molecular weight is 326 g/mol. The van der Waals surface area contributed by atoms with Gasteiger partial charge in [0.05, 0.1) is 5.69 Å². The van der Waals surface area contributed by atoms with Crippen LogP contribution in [0.4, 0.5) is 4.39 Å². The summed E-state index contributed by atoms with van der Waals surface area (Å²) in [6.45, 7) is 3.44. The molecule has 1 aromatic carbocycles. The maximum absolute atomic E-state index is 14.3. The van der Waals surface area contributed by atoms with Crippen LogP contribution in [0, 0.1) is 12.7 Å². The molecule has 1 heterocycles. The van der Waals surface area contributed by atoms with Crippen molar-refractivity contribution >= 4 is 10.2 Å². The van der Waals surface area contributed by atoms with E-state index < -0.39 is 22.1 Å². The predicted octanol–water partition coefficient (Wildman–Crippen LogP) is 1.78. The highest BCUT2D eigenvalue weighted by Crippen LogP contribution is 2.21. The molecule has 0 amide bonds. The van der Waals surface area contributed by atoms with Gasteiger partial charge in [0.15, 0.2) is 0 Å². The minimum atomic E-state index is -3.57. The highest BCUT2D eigenvalue weighted by atomic mass is 32.2. The first-order valence-corrected chi connectivity index (χ1v) is 8.16. The summed E-state index contributed by atoms with van der Waals surface area (Å²) in [7, 11) is -0.711. The quantitative estimate of drug-likeness (QED) is 0.911. The van der Waals surface area contributed by atoms with Crippen molar-refractivity contribution in [3.8, 4) is 5.69 Å². The maximum atomic E-state index is 14.3. The molecule has 0 saturated carbocycles. The third-order valence-electron chi connectivity index (χ3n) is 3.36. The van der Waals surface area contributed by atoms with Crippen LogP contribution < -0.4 is 4.72 Å². The summed E-state index contributed by atoms with van der Waals surface area (Å²) in [5.41, 5.74) is 0.922. The molecule has 6 nitrogen and oxygen atoms in total. The number of halogens is 1. The van der Waals surface area contributed by atoms with Crippen LogP contribution in [0.25, 0.3) is 5.69 Å². The lowest BCUT2D eigenvalue weighted by Crippen LogP contribution is -2.37. The van der Waals surface area contributed by atoms with E-state index in [2.05, 4.69) is 9.71 Å². The molecule has 2 rings (SSSR count). The predicted molar refractivity (Wildman–Crippen MR) is 82.4 cm³/mol. The molecule has 0 unspecified atom stereocenters. The lowest BCUT2D eigenvalue weighted by Gasteiger charge is -2.19. The second-order valence-corrected chi connectivity index (χ2v) is 7.10. The zero-order valence-corrected chi connectivity index (χ0v) is 13.7. The van der Waals surface area contributed by atoms with Crippen molar-refractivity contribution in [2.24, 2.45) is 0 Å². The third-order valence-corrected chi connectivity index (χ3v) is 4.98. The van der Waals surface area contributed by atoms with Crippen LogP contribution in [0.15, 0.2) is 30.6 Å². The van der Waals surface area contributed by atoms with E-state index in [-0.39, 0.29) is 0 Å². The van der Waals surface area contributed by atoms with Gasteiger partial charge < -0.3 is 4.57 Å². The molecule has 120 valence electrons. The Morgan fingerprint density at radius 1 is 1.36 bits per heavy atom. The largest absolute Gasteiger partial charge is 0.301 e. The number of aromatic nitrogens is 2. The summed E-state index contributed by atoms with van der Waals surface area (Å²) < 4.78 is 43.1. The van der Waals surface area contributed by atoms with E-state index in [9.17, 15) is 12.8 Å². The molecular formula is C14H19FN4O2S. The first-order chi connectivity index (χ1) is 10.2. The van der Waals surface area contributed by atoms with Gasteiger partial charge in [-0.2, -0.15) is 17.4 Å². The Labute approximate surface area is 129 Å². The van der Waals surface area contributed by atoms with E-state index in [1.54, 1.807) is 42.9 Å². The number of imidazole rings is 1. The van der Waals surface area contributed by atoms with Crippen LogP contribution >= 0.6 is 0 Å². The molecule has 0 saturated heterocycles. The fourth-order valence-corrected chi connectivity index (χ4v) is 2.81. The number of nitrogens with zero attached hydrogens (tertiary/aromatic N) is 3. The Hall–Kier alpha value is -1.77. The first-order valence-electron chi connectivity index (χ1n) is 6.72. The number of aryl methyl sites for hydroxylation is 1. The summed E-state index contributed by atoms with van der Waals surface area (Å²) in [4.78, 5) is 4.06. The molecule has 0 aliphatic carbocycles. The molecule has 0 bridgehead atoms. The lowest BCUT2D eigenvalue weighted by atomic mass is 10.1. The topological polar surface area (TPSA) is 67.2 Å². The Kier molecular flexibility index (Phi) is 4.64. The molecule has 1 N–H and O–H groups in total. The van der Waals surface area contributed by atoms with Crippen LogP contribution in [0.2, 0.25) is 0 Å². The summed E-state index contributed by atoms with van der Waals surface area (Å²) >= 11 is 0. The van der Waals surface area contributed by atoms with Crippen molar-refractivity contribution in [1.29, 1.82) is 0 Å². The molecule has 1 aromatic heterocycles. The molecule has 0 spiro atoms. The highest BCUT2D eigenvalue weighted by Gasteiger charge is 2.19. The van der Waals surface area contributed by atoms with Gasteiger partial charge in [0.1, 0.15) is 11.6 Å². The second-order valence-electron chi connectivity index (χ2n) is 5.18. The van der Waals surface area contributed by atoms with Gasteiger partial charge in [-0.25, -0.2) is 9.37 Å². The Morgan fingerprint density at radius 3 is 2.55 bits per heavy atom. The van der Waals surface area contributed by atoms with Gasteiger partial charge in [0, 0.05) is 32.5 Å². The van der Waals surface area contributed by atoms with Crippen molar-refractivity contribution in [2.45, 2.75) is 19.9 Å². The van der Waals surface area contributed by atoms with E-state index in [1.165, 1.54) is 20.2 Å². The number of hydrogen-bond acceptors (Lipinski definition) is 3. The van der Waals surface area contributed by atoms with Gasteiger partial charge in [-0.3, -0.25) is 0 Å². The monoisotopic (exact) mass is 326 g/mol. The fraction of sp³-hybridized carbons (Fsp3) is 0.357. The van der Waals surface area contributed by atoms with Crippen LogP contribution in [-0.2, 0) is 10.2 Å². The molecule has 2 aromatic rings. The lowest BCUT2D eigenvalue weighted by molar-refractivity contribution is 0.494. The van der Waals surface area contributed by atoms with Gasteiger partial charge in [0.25, 0.3) is 10.2 Å². The molecule has 0 aliphatic rings. The molecule has 0 radical (unpaired) electrons. The fourth-order valence-electron chi connectivity index (χ4n) is 2.02. The molecular weight excluding hydrogens is 307 g/mol. The van der Waals surface area contributed by atoms with Crippen LogP contribution in [0.1, 0.15) is 24.4 Å². The van der Waals surface area contributed by atoms with Crippen molar-refractivity contribution in [3.05, 3.63) is 47.8 Å². The van der Waals surface area contributed by atoms with Crippen molar-refractivity contribution < 1.29 is 12.8 Å². The smallest absolute Gasteiger partial charge is 0.279 e. The second kappa shape index (κ2) is 6.15. The summed E-state index contributed by atoms with van der Waals surface area (Å²) in [5, 5.41) is 0. The molecule has 0 fully saturated rings. The van der Waals surface area contributed by atoms with Crippen molar-refractivity contribution in [1.82, 2.24) is 18.6 Å². The zero-order valence-electron chi connectivity index (χ0n) is 12.9. The Bertz CT molecular complexity index is 771. The van der Waals surface area contributed by atoms with E-state index in [0.29, 0.717) is 17.1 Å². The van der Waals surface area contributed by atoms with E-state index in [4.69, 9.17) is 0 Å². The SMILES string of the molecule is Cc1nccn1-c1ccc([C@H](C)NS(=O)(=O)N(C)C)cc1F. The number of hydrogen-bond donors (Lipinski definition) is 1. The van der Waals surface area contributed by atoms with E-state index >= 15 is 0 Å². The van der Waals surface area contributed by atoms with E-state index in [1.807, 2.05) is 0 Å². The standard InChI is InChI=1S/C14H19FN4O2S/c1-10(17-22(20,21)18(3)4)12-5-6-14(13(15)9-12)19-8-7-16-11(19)2/h5-10,17H,1-4H3/t10-/m0/s1. The number of rotatable bonds is 5. The van der Waals surface area contributed by atoms with Crippen molar-refractivity contribution in [3.63, 3.8) is 0 Å². The minimum Gasteiger partial charge on any atom is -0.301 e. The van der Waals surface area contributed by atoms with Gasteiger partial charge in [-0.15, -0.1) is 0 Å². The first kappa shape index (κ1) is 16.6. The molecule has 8 heteroatoms. The molecule has 22 heavy (non-hydrogen) atoms. The summed E-state index contributed by atoms with van der Waals surface area (Å²) in [6.07, 6.45) is 3.27. The number of benzene rings is 1. The maximum Gasteiger partial charge on any atom is 0.279 e. The van der Waals surface area contributed by atoms with Gasteiger partial charge in [-0.1, -0.05) is 6.07 Å². The molecule has 0 aliphatic heterocycles. The van der Waals surface area contributed by atoms with Gasteiger partial charge in [-0.05, 0) is 31.5 Å². The van der Waals surface area contributed by atoms with Crippen LogP contribution in [0.5, 0.6) is 0 Å². The summed E-state index contributed by atoms with van der Waals surface area (Å²) in [5.74, 6) is 0.238.